The van der Waals surface area contributed by atoms with Gasteiger partial charge in [-0.15, -0.1) is 0 Å². The fraction of sp³-hybridized carbons (Fsp3) is 0.636. The number of imide groups is 1. The zero-order chi connectivity index (χ0) is 15.0. The van der Waals surface area contributed by atoms with E-state index in [1.54, 1.807) is 0 Å². The van der Waals surface area contributed by atoms with Crippen LogP contribution in [0.2, 0.25) is 0 Å². The molecule has 0 aromatic carbocycles. The Morgan fingerprint density at radius 3 is 2.26 bits per heavy atom. The highest BCUT2D eigenvalue weighted by Gasteiger charge is 2.46. The third-order valence-electron chi connectivity index (χ3n) is 2.98. The van der Waals surface area contributed by atoms with Crippen LogP contribution in [0.3, 0.4) is 0 Å². The molecule has 1 saturated heterocycles. The third-order valence-corrected chi connectivity index (χ3v) is 2.98. The number of nitrogens with zero attached hydrogens (tertiary/aromatic N) is 1. The maximum atomic E-state index is 11.8. The number of carbonyl (C=O) groups is 4. The Labute approximate surface area is 110 Å². The molecule has 1 fully saturated rings. The molecule has 0 radical (unpaired) electrons. The van der Waals surface area contributed by atoms with Crippen LogP contribution in [0.25, 0.3) is 0 Å². The summed E-state index contributed by atoms with van der Waals surface area (Å²) in [6.07, 6.45) is 0. The number of urea groups is 1. The van der Waals surface area contributed by atoms with Crippen molar-refractivity contribution >= 4 is 23.8 Å². The molecule has 0 atom stereocenters. The van der Waals surface area contributed by atoms with Crippen LogP contribution < -0.4 is 10.6 Å². The second-order valence-electron chi connectivity index (χ2n) is 5.38. The van der Waals surface area contributed by atoms with Crippen molar-refractivity contribution in [3.63, 3.8) is 0 Å². The number of carbonyl (C=O) groups excluding carboxylic acids is 3. The van der Waals surface area contributed by atoms with E-state index in [4.69, 9.17) is 5.11 Å². The SMILES string of the molecule is CC(C)(NC(=O)CN1C(=O)NC(=O)C1(C)C)C(=O)O. The van der Waals surface area contributed by atoms with Gasteiger partial charge in [0, 0.05) is 0 Å². The minimum atomic E-state index is -1.44. The van der Waals surface area contributed by atoms with Crippen LogP contribution in [-0.4, -0.2) is 51.4 Å². The summed E-state index contributed by atoms with van der Waals surface area (Å²) >= 11 is 0. The lowest BCUT2D eigenvalue weighted by Crippen LogP contribution is -2.55. The molecule has 0 saturated carbocycles. The maximum Gasteiger partial charge on any atom is 0.328 e. The third kappa shape index (κ3) is 2.83. The monoisotopic (exact) mass is 271 g/mol. The number of carboxylic acid groups (broad SMARTS) is 1. The van der Waals surface area contributed by atoms with Gasteiger partial charge in [0.25, 0.3) is 5.91 Å². The summed E-state index contributed by atoms with van der Waals surface area (Å²) in [6.45, 7) is 5.27. The number of hydrogen-bond donors (Lipinski definition) is 3. The Kier molecular flexibility index (Phi) is 3.56. The second kappa shape index (κ2) is 4.52. The first-order valence-corrected chi connectivity index (χ1v) is 5.66. The van der Waals surface area contributed by atoms with Gasteiger partial charge in [-0.25, -0.2) is 9.59 Å². The molecular formula is C11H17N3O5. The fourth-order valence-corrected chi connectivity index (χ4v) is 1.55. The van der Waals surface area contributed by atoms with Gasteiger partial charge in [-0.05, 0) is 27.7 Å². The molecule has 0 spiro atoms. The number of aliphatic carboxylic acids is 1. The molecule has 106 valence electrons. The largest absolute Gasteiger partial charge is 0.480 e. The lowest BCUT2D eigenvalue weighted by atomic mass is 10.0. The van der Waals surface area contributed by atoms with Gasteiger partial charge in [-0.1, -0.05) is 0 Å². The normalized spacial score (nSPS) is 18.2. The molecule has 0 bridgehead atoms. The van der Waals surface area contributed by atoms with Crippen LogP contribution in [-0.2, 0) is 14.4 Å². The summed E-state index contributed by atoms with van der Waals surface area (Å²) in [6, 6.07) is -0.668. The summed E-state index contributed by atoms with van der Waals surface area (Å²) < 4.78 is 0. The van der Waals surface area contributed by atoms with Crippen molar-refractivity contribution in [3.05, 3.63) is 0 Å². The van der Waals surface area contributed by atoms with E-state index in [2.05, 4.69) is 10.6 Å². The molecule has 0 aromatic rings. The lowest BCUT2D eigenvalue weighted by molar-refractivity contribution is -0.146. The highest BCUT2D eigenvalue weighted by molar-refractivity contribution is 6.07. The molecule has 1 heterocycles. The zero-order valence-corrected chi connectivity index (χ0v) is 11.2. The van der Waals surface area contributed by atoms with Crippen molar-refractivity contribution in [1.29, 1.82) is 0 Å². The fourth-order valence-electron chi connectivity index (χ4n) is 1.55. The van der Waals surface area contributed by atoms with Crippen LogP contribution >= 0.6 is 0 Å². The smallest absolute Gasteiger partial charge is 0.328 e. The predicted octanol–water partition coefficient (Wildman–Crippen LogP) is -0.704. The number of nitrogens with one attached hydrogen (secondary N) is 2. The van der Waals surface area contributed by atoms with Crippen LogP contribution in [0, 0.1) is 0 Å². The number of rotatable bonds is 4. The Morgan fingerprint density at radius 2 is 1.89 bits per heavy atom. The zero-order valence-electron chi connectivity index (χ0n) is 11.2. The van der Waals surface area contributed by atoms with E-state index in [-0.39, 0.29) is 6.54 Å². The second-order valence-corrected chi connectivity index (χ2v) is 5.38. The summed E-state index contributed by atoms with van der Waals surface area (Å²) in [7, 11) is 0. The van der Waals surface area contributed by atoms with Crippen LogP contribution in [0.15, 0.2) is 0 Å². The lowest BCUT2D eigenvalue weighted by Gasteiger charge is -2.29. The minimum Gasteiger partial charge on any atom is -0.480 e. The topological polar surface area (TPSA) is 116 Å². The van der Waals surface area contributed by atoms with Gasteiger partial charge < -0.3 is 15.3 Å². The molecule has 8 nitrogen and oxygen atoms in total. The first-order valence-electron chi connectivity index (χ1n) is 5.66. The Bertz CT molecular complexity index is 455. The average Bonchev–Trinajstić information content (AvgIpc) is 2.40. The average molecular weight is 271 g/mol. The summed E-state index contributed by atoms with van der Waals surface area (Å²) in [5.74, 6) is -2.34. The molecular weight excluding hydrogens is 254 g/mol. The molecule has 19 heavy (non-hydrogen) atoms. The van der Waals surface area contributed by atoms with E-state index in [1.165, 1.54) is 27.7 Å². The minimum absolute atomic E-state index is 0.388. The van der Waals surface area contributed by atoms with Gasteiger partial charge in [0.1, 0.15) is 17.6 Å². The van der Waals surface area contributed by atoms with E-state index < -0.39 is 34.9 Å². The van der Waals surface area contributed by atoms with Gasteiger partial charge in [-0.3, -0.25) is 14.9 Å². The first-order chi connectivity index (χ1) is 8.48. The first kappa shape index (κ1) is 14.9. The molecule has 0 aliphatic carbocycles. The molecule has 3 N–H and O–H groups in total. The van der Waals surface area contributed by atoms with E-state index in [0.717, 1.165) is 4.90 Å². The summed E-state index contributed by atoms with van der Waals surface area (Å²) in [5, 5.41) is 13.3. The molecule has 0 aromatic heterocycles. The molecule has 4 amide bonds. The molecule has 1 aliphatic heterocycles. The van der Waals surface area contributed by atoms with Crippen LogP contribution in [0.4, 0.5) is 4.79 Å². The Hall–Kier alpha value is -2.12. The Morgan fingerprint density at radius 1 is 1.37 bits per heavy atom. The molecule has 8 heteroatoms. The van der Waals surface area contributed by atoms with Gasteiger partial charge in [0.15, 0.2) is 0 Å². The number of hydrogen-bond acceptors (Lipinski definition) is 4. The van der Waals surface area contributed by atoms with Crippen molar-refractivity contribution in [2.45, 2.75) is 38.8 Å². The Balaban J connectivity index is 2.76. The highest BCUT2D eigenvalue weighted by Crippen LogP contribution is 2.20. The van der Waals surface area contributed by atoms with Gasteiger partial charge in [-0.2, -0.15) is 0 Å². The predicted molar refractivity (Wildman–Crippen MR) is 64.2 cm³/mol. The van der Waals surface area contributed by atoms with Crippen LogP contribution in [0.1, 0.15) is 27.7 Å². The molecule has 1 aliphatic rings. The van der Waals surface area contributed by atoms with Crippen LogP contribution in [0.5, 0.6) is 0 Å². The van der Waals surface area contributed by atoms with Crippen molar-refractivity contribution in [2.75, 3.05) is 6.54 Å². The van der Waals surface area contributed by atoms with E-state index in [9.17, 15) is 19.2 Å². The molecule has 0 unspecified atom stereocenters. The van der Waals surface area contributed by atoms with E-state index in [0.29, 0.717) is 0 Å². The number of amides is 4. The summed E-state index contributed by atoms with van der Waals surface area (Å²) in [4.78, 5) is 46.7. The number of carboxylic acids is 1. The maximum absolute atomic E-state index is 11.8. The van der Waals surface area contributed by atoms with Crippen molar-refractivity contribution in [1.82, 2.24) is 15.5 Å². The van der Waals surface area contributed by atoms with Gasteiger partial charge in [0.2, 0.25) is 5.91 Å². The summed E-state index contributed by atoms with van der Waals surface area (Å²) in [5.41, 5.74) is -2.58. The van der Waals surface area contributed by atoms with Crippen molar-refractivity contribution in [2.24, 2.45) is 0 Å². The van der Waals surface area contributed by atoms with Crippen molar-refractivity contribution in [3.8, 4) is 0 Å². The van der Waals surface area contributed by atoms with Gasteiger partial charge >= 0.3 is 12.0 Å². The quantitative estimate of drug-likeness (QED) is 0.584. The van der Waals surface area contributed by atoms with Crippen molar-refractivity contribution < 1.29 is 24.3 Å². The van der Waals surface area contributed by atoms with E-state index >= 15 is 0 Å². The molecule has 1 rings (SSSR count). The van der Waals surface area contributed by atoms with Gasteiger partial charge in [0.05, 0.1) is 0 Å². The highest BCUT2D eigenvalue weighted by atomic mass is 16.4. The van der Waals surface area contributed by atoms with E-state index in [1.807, 2.05) is 0 Å². The standard InChI is InChI=1S/C11H17N3O5/c1-10(2,8(17)18)13-6(15)5-14-9(19)12-7(16)11(14,3)4/h5H2,1-4H3,(H,13,15)(H,17,18)(H,12,16,19).